The summed E-state index contributed by atoms with van der Waals surface area (Å²) >= 11 is 0. The second kappa shape index (κ2) is 4.59. The first-order valence-electron chi connectivity index (χ1n) is 5.08. The standard InChI is InChI=1S/C9H19NO3S/c1-2-13-9(8-10)4-3-6-14(11,12)7-5-9/h2-8,10H2,1H3. The van der Waals surface area contributed by atoms with Crippen molar-refractivity contribution < 1.29 is 13.2 Å². The van der Waals surface area contributed by atoms with E-state index in [2.05, 4.69) is 0 Å². The van der Waals surface area contributed by atoms with Crippen LogP contribution in [0, 0.1) is 0 Å². The maximum Gasteiger partial charge on any atom is 0.150 e. The Morgan fingerprint density at radius 1 is 1.36 bits per heavy atom. The summed E-state index contributed by atoms with van der Waals surface area (Å²) in [7, 11) is -2.85. The van der Waals surface area contributed by atoms with Crippen LogP contribution in [0.2, 0.25) is 0 Å². The number of hydrogen-bond acceptors (Lipinski definition) is 4. The Morgan fingerprint density at radius 2 is 2.07 bits per heavy atom. The van der Waals surface area contributed by atoms with Gasteiger partial charge in [0.25, 0.3) is 0 Å². The van der Waals surface area contributed by atoms with E-state index in [0.717, 1.165) is 6.42 Å². The summed E-state index contributed by atoms with van der Waals surface area (Å²) in [6, 6.07) is 0. The molecule has 0 aromatic rings. The molecular weight excluding hydrogens is 202 g/mol. The molecule has 1 aliphatic rings. The highest BCUT2D eigenvalue weighted by Gasteiger charge is 2.33. The minimum Gasteiger partial charge on any atom is -0.374 e. The van der Waals surface area contributed by atoms with Crippen LogP contribution in [-0.2, 0) is 14.6 Å². The topological polar surface area (TPSA) is 69.4 Å². The van der Waals surface area contributed by atoms with E-state index < -0.39 is 15.4 Å². The summed E-state index contributed by atoms with van der Waals surface area (Å²) in [6.45, 7) is 2.92. The average molecular weight is 221 g/mol. The molecule has 1 rings (SSSR count). The zero-order chi connectivity index (χ0) is 10.7. The number of rotatable bonds is 3. The maximum absolute atomic E-state index is 11.4. The quantitative estimate of drug-likeness (QED) is 0.745. The van der Waals surface area contributed by atoms with Crippen LogP contribution in [0.1, 0.15) is 26.2 Å². The van der Waals surface area contributed by atoms with E-state index in [9.17, 15) is 8.42 Å². The molecule has 1 fully saturated rings. The monoisotopic (exact) mass is 221 g/mol. The largest absolute Gasteiger partial charge is 0.374 e. The minimum atomic E-state index is -2.85. The third kappa shape index (κ3) is 2.93. The van der Waals surface area contributed by atoms with Gasteiger partial charge in [-0.3, -0.25) is 0 Å². The Balaban J connectivity index is 2.71. The van der Waals surface area contributed by atoms with Crippen LogP contribution >= 0.6 is 0 Å². The van der Waals surface area contributed by atoms with E-state index in [0.29, 0.717) is 26.0 Å². The summed E-state index contributed by atoms with van der Waals surface area (Å²) in [4.78, 5) is 0. The number of nitrogens with two attached hydrogens (primary N) is 1. The molecule has 4 nitrogen and oxygen atoms in total. The number of hydrogen-bond donors (Lipinski definition) is 1. The highest BCUT2D eigenvalue weighted by molar-refractivity contribution is 7.91. The van der Waals surface area contributed by atoms with Crippen molar-refractivity contribution in [3.05, 3.63) is 0 Å². The van der Waals surface area contributed by atoms with Crippen LogP contribution in [0.3, 0.4) is 0 Å². The van der Waals surface area contributed by atoms with Gasteiger partial charge in [0, 0.05) is 13.2 Å². The fourth-order valence-corrected chi connectivity index (χ4v) is 3.37. The average Bonchev–Trinajstić information content (AvgIpc) is 2.27. The lowest BCUT2D eigenvalue weighted by atomic mass is 9.95. The smallest absolute Gasteiger partial charge is 0.150 e. The van der Waals surface area contributed by atoms with E-state index >= 15 is 0 Å². The molecule has 2 N–H and O–H groups in total. The Morgan fingerprint density at radius 3 is 2.64 bits per heavy atom. The Kier molecular flexibility index (Phi) is 3.92. The Bertz CT molecular complexity index is 276. The lowest BCUT2D eigenvalue weighted by Crippen LogP contribution is -2.41. The molecule has 0 saturated carbocycles. The second-order valence-corrected chi connectivity index (χ2v) is 6.13. The highest BCUT2D eigenvalue weighted by atomic mass is 32.2. The molecule has 1 aliphatic heterocycles. The van der Waals surface area contributed by atoms with E-state index in [4.69, 9.17) is 10.5 Å². The molecule has 0 aliphatic carbocycles. The van der Waals surface area contributed by atoms with Crippen molar-refractivity contribution in [3.63, 3.8) is 0 Å². The maximum atomic E-state index is 11.4. The summed E-state index contributed by atoms with van der Waals surface area (Å²) in [5, 5.41) is 0. The van der Waals surface area contributed by atoms with Gasteiger partial charge in [-0.1, -0.05) is 0 Å². The lowest BCUT2D eigenvalue weighted by molar-refractivity contribution is -0.0397. The van der Waals surface area contributed by atoms with Crippen molar-refractivity contribution in [2.75, 3.05) is 24.7 Å². The summed E-state index contributed by atoms with van der Waals surface area (Å²) in [5.41, 5.74) is 5.27. The first kappa shape index (κ1) is 11.9. The summed E-state index contributed by atoms with van der Waals surface area (Å²) in [6.07, 6.45) is 1.97. The summed E-state index contributed by atoms with van der Waals surface area (Å²) < 4.78 is 28.4. The molecule has 0 amide bonds. The van der Waals surface area contributed by atoms with E-state index in [1.54, 1.807) is 0 Å². The van der Waals surface area contributed by atoms with Crippen LogP contribution < -0.4 is 5.73 Å². The fraction of sp³-hybridized carbons (Fsp3) is 1.00. The molecule has 0 aromatic carbocycles. The molecule has 0 bridgehead atoms. The van der Waals surface area contributed by atoms with E-state index in [1.165, 1.54) is 0 Å². The Labute approximate surface area is 85.7 Å². The minimum absolute atomic E-state index is 0.212. The second-order valence-electron chi connectivity index (χ2n) is 3.83. The van der Waals surface area contributed by atoms with Crippen molar-refractivity contribution in [2.45, 2.75) is 31.8 Å². The van der Waals surface area contributed by atoms with Crippen molar-refractivity contribution in [1.82, 2.24) is 0 Å². The van der Waals surface area contributed by atoms with Crippen molar-refractivity contribution in [3.8, 4) is 0 Å². The van der Waals surface area contributed by atoms with Gasteiger partial charge in [0.2, 0.25) is 0 Å². The molecule has 84 valence electrons. The molecule has 0 aromatic heterocycles. The molecule has 0 spiro atoms. The highest BCUT2D eigenvalue weighted by Crippen LogP contribution is 2.26. The molecule has 5 heteroatoms. The Hall–Kier alpha value is -0.130. The van der Waals surface area contributed by atoms with Crippen LogP contribution in [0.25, 0.3) is 0 Å². The van der Waals surface area contributed by atoms with Gasteiger partial charge in [-0.05, 0) is 26.2 Å². The molecule has 1 saturated heterocycles. The van der Waals surface area contributed by atoms with Crippen LogP contribution in [0.4, 0.5) is 0 Å². The first-order chi connectivity index (χ1) is 6.54. The van der Waals surface area contributed by atoms with Gasteiger partial charge < -0.3 is 10.5 Å². The fourth-order valence-electron chi connectivity index (χ4n) is 1.90. The van der Waals surface area contributed by atoms with Crippen LogP contribution in [0.5, 0.6) is 0 Å². The molecular formula is C9H19NO3S. The third-order valence-corrected chi connectivity index (χ3v) is 4.52. The van der Waals surface area contributed by atoms with Gasteiger partial charge in [-0.25, -0.2) is 8.42 Å². The van der Waals surface area contributed by atoms with Crippen molar-refractivity contribution in [2.24, 2.45) is 5.73 Å². The normalized spacial score (nSPS) is 32.4. The van der Waals surface area contributed by atoms with Crippen molar-refractivity contribution in [1.29, 1.82) is 0 Å². The zero-order valence-electron chi connectivity index (χ0n) is 8.66. The summed E-state index contributed by atoms with van der Waals surface area (Å²) in [5.74, 6) is 0.492. The van der Waals surface area contributed by atoms with E-state index in [1.807, 2.05) is 6.92 Å². The van der Waals surface area contributed by atoms with Gasteiger partial charge in [0.05, 0.1) is 17.1 Å². The predicted molar refractivity (Wildman–Crippen MR) is 55.9 cm³/mol. The van der Waals surface area contributed by atoms with Gasteiger partial charge in [0.15, 0.2) is 0 Å². The van der Waals surface area contributed by atoms with Gasteiger partial charge in [0.1, 0.15) is 9.84 Å². The van der Waals surface area contributed by atoms with Gasteiger partial charge >= 0.3 is 0 Å². The SMILES string of the molecule is CCOC1(CN)CCCS(=O)(=O)CC1. The lowest BCUT2D eigenvalue weighted by Gasteiger charge is -2.30. The van der Waals surface area contributed by atoms with Crippen molar-refractivity contribution >= 4 is 9.84 Å². The zero-order valence-corrected chi connectivity index (χ0v) is 9.48. The molecule has 0 radical (unpaired) electrons. The van der Waals surface area contributed by atoms with Crippen LogP contribution in [0.15, 0.2) is 0 Å². The third-order valence-electron chi connectivity index (χ3n) is 2.78. The molecule has 1 atom stereocenters. The molecule has 1 heterocycles. The first-order valence-corrected chi connectivity index (χ1v) is 6.90. The predicted octanol–water partition coefficient (Wildman–Crippen LogP) is 0.319. The number of sulfone groups is 1. The molecule has 1 unspecified atom stereocenters. The molecule has 14 heavy (non-hydrogen) atoms. The number of ether oxygens (including phenoxy) is 1. The van der Waals surface area contributed by atoms with Gasteiger partial charge in [-0.15, -0.1) is 0 Å². The van der Waals surface area contributed by atoms with Crippen LogP contribution in [-0.4, -0.2) is 38.7 Å². The van der Waals surface area contributed by atoms with Gasteiger partial charge in [-0.2, -0.15) is 0 Å². The van der Waals surface area contributed by atoms with E-state index in [-0.39, 0.29) is 11.5 Å².